The number of carbonyl (C=O) groups excluding carboxylic acids is 3. The molecule has 0 heterocycles. The van der Waals surface area contributed by atoms with Gasteiger partial charge in [-0.2, -0.15) is 4.72 Å². The van der Waals surface area contributed by atoms with Gasteiger partial charge in [0, 0.05) is 12.6 Å². The van der Waals surface area contributed by atoms with E-state index in [9.17, 15) is 22.8 Å². The van der Waals surface area contributed by atoms with Crippen molar-refractivity contribution < 1.29 is 27.5 Å². The monoisotopic (exact) mass is 429 g/mol. The molecule has 0 radical (unpaired) electrons. The van der Waals surface area contributed by atoms with Gasteiger partial charge in [0.05, 0.1) is 17.0 Å². The summed E-state index contributed by atoms with van der Waals surface area (Å²) in [6.07, 6.45) is 3.62. The van der Waals surface area contributed by atoms with Gasteiger partial charge in [-0.3, -0.25) is 10.1 Å². The molecule has 0 aromatic heterocycles. The molecule has 0 aliphatic rings. The SMILES string of the molecule is C#CCNS(=O)(=O)c1cccc(C(=O)OC(C(=O)NC(=O)NC)c2ccccc2)c1. The molecule has 3 N–H and O–H groups in total. The Morgan fingerprint density at radius 1 is 1.10 bits per heavy atom. The molecule has 3 amide bonds. The first-order chi connectivity index (χ1) is 14.3. The summed E-state index contributed by atoms with van der Waals surface area (Å²) in [7, 11) is -2.60. The fraction of sp³-hybridized carbons (Fsp3) is 0.150. The Bertz CT molecular complexity index is 1080. The van der Waals surface area contributed by atoms with Gasteiger partial charge in [-0.1, -0.05) is 42.3 Å². The van der Waals surface area contributed by atoms with E-state index in [1.54, 1.807) is 30.3 Å². The summed E-state index contributed by atoms with van der Waals surface area (Å²) in [6, 6.07) is 12.4. The lowest BCUT2D eigenvalue weighted by atomic mass is 10.1. The van der Waals surface area contributed by atoms with E-state index in [0.717, 1.165) is 6.07 Å². The number of nitrogens with one attached hydrogen (secondary N) is 3. The fourth-order valence-corrected chi connectivity index (χ4v) is 3.31. The van der Waals surface area contributed by atoms with E-state index >= 15 is 0 Å². The molecule has 156 valence electrons. The van der Waals surface area contributed by atoms with Crippen LogP contribution >= 0.6 is 0 Å². The third-order valence-corrected chi connectivity index (χ3v) is 5.17. The number of sulfonamides is 1. The van der Waals surface area contributed by atoms with E-state index in [2.05, 4.69) is 21.3 Å². The van der Waals surface area contributed by atoms with Crippen molar-refractivity contribution >= 4 is 27.9 Å². The highest BCUT2D eigenvalue weighted by Crippen LogP contribution is 2.21. The predicted molar refractivity (Wildman–Crippen MR) is 108 cm³/mol. The Morgan fingerprint density at radius 2 is 1.80 bits per heavy atom. The minimum Gasteiger partial charge on any atom is -0.444 e. The summed E-state index contributed by atoms with van der Waals surface area (Å²) >= 11 is 0. The number of carbonyl (C=O) groups is 3. The average Bonchev–Trinajstić information content (AvgIpc) is 2.76. The fourth-order valence-electron chi connectivity index (χ4n) is 2.33. The molecule has 2 aromatic carbocycles. The second kappa shape index (κ2) is 10.2. The highest BCUT2D eigenvalue weighted by atomic mass is 32.2. The Kier molecular flexibility index (Phi) is 7.69. The Morgan fingerprint density at radius 3 is 2.43 bits per heavy atom. The first-order valence-electron chi connectivity index (χ1n) is 8.60. The minimum atomic E-state index is -3.93. The van der Waals surface area contributed by atoms with Crippen LogP contribution in [0.4, 0.5) is 4.79 Å². The zero-order chi connectivity index (χ0) is 22.1. The van der Waals surface area contributed by atoms with Crippen molar-refractivity contribution in [3.05, 3.63) is 65.7 Å². The third-order valence-electron chi connectivity index (χ3n) is 3.77. The van der Waals surface area contributed by atoms with Crippen molar-refractivity contribution in [2.75, 3.05) is 13.6 Å². The molecule has 1 unspecified atom stereocenters. The van der Waals surface area contributed by atoms with E-state index in [-0.39, 0.29) is 17.0 Å². The van der Waals surface area contributed by atoms with Gasteiger partial charge in [-0.05, 0) is 18.2 Å². The van der Waals surface area contributed by atoms with Gasteiger partial charge in [-0.25, -0.2) is 18.0 Å². The number of hydrogen-bond donors (Lipinski definition) is 3. The zero-order valence-corrected chi connectivity index (χ0v) is 16.7. The maximum atomic E-state index is 12.6. The van der Waals surface area contributed by atoms with Crippen LogP contribution in [-0.4, -0.2) is 39.9 Å². The van der Waals surface area contributed by atoms with Crippen LogP contribution in [0.3, 0.4) is 0 Å². The quantitative estimate of drug-likeness (QED) is 0.444. The van der Waals surface area contributed by atoms with Crippen molar-refractivity contribution in [1.29, 1.82) is 0 Å². The largest absolute Gasteiger partial charge is 0.444 e. The molecule has 1 atom stereocenters. The summed E-state index contributed by atoms with van der Waals surface area (Å²) in [5.41, 5.74) is 0.221. The number of ether oxygens (including phenoxy) is 1. The van der Waals surface area contributed by atoms with Gasteiger partial charge in [0.1, 0.15) is 0 Å². The first kappa shape index (κ1) is 22.6. The van der Waals surface area contributed by atoms with E-state index in [1.807, 2.05) is 0 Å². The van der Waals surface area contributed by atoms with Crippen LogP contribution in [0.25, 0.3) is 0 Å². The van der Waals surface area contributed by atoms with Crippen LogP contribution in [0, 0.1) is 12.3 Å². The van der Waals surface area contributed by atoms with Gasteiger partial charge in [0.25, 0.3) is 5.91 Å². The molecule has 2 aromatic rings. The number of rotatable bonds is 7. The van der Waals surface area contributed by atoms with Crippen molar-refractivity contribution in [3.8, 4) is 12.3 Å². The second-order valence-corrected chi connectivity index (χ2v) is 7.59. The normalized spacial score (nSPS) is 11.6. The van der Waals surface area contributed by atoms with Crippen LogP contribution in [-0.2, 0) is 19.6 Å². The molecular weight excluding hydrogens is 410 g/mol. The summed E-state index contributed by atoms with van der Waals surface area (Å²) in [4.78, 5) is 36.4. The molecule has 0 aliphatic carbocycles. The third kappa shape index (κ3) is 5.91. The highest BCUT2D eigenvalue weighted by Gasteiger charge is 2.27. The number of benzene rings is 2. The zero-order valence-electron chi connectivity index (χ0n) is 15.9. The molecule has 0 fully saturated rings. The Hall–Kier alpha value is -3.68. The van der Waals surface area contributed by atoms with Crippen LogP contribution < -0.4 is 15.4 Å². The standard InChI is InChI=1S/C20H19N3O6S/c1-3-12-22-30(27,28)16-11-7-10-15(13-16)19(25)29-17(14-8-5-4-6-9-14)18(24)23-20(26)21-2/h1,4-11,13,17,22H,12H2,2H3,(H2,21,23,24,26). The van der Waals surface area contributed by atoms with Crippen molar-refractivity contribution in [3.63, 3.8) is 0 Å². The van der Waals surface area contributed by atoms with Gasteiger partial charge in [-0.15, -0.1) is 6.42 Å². The van der Waals surface area contributed by atoms with Crippen LogP contribution in [0.1, 0.15) is 22.0 Å². The molecule has 2 rings (SSSR count). The molecular formula is C20H19N3O6S. The lowest BCUT2D eigenvalue weighted by molar-refractivity contribution is -0.129. The lowest BCUT2D eigenvalue weighted by Crippen LogP contribution is -2.41. The first-order valence-corrected chi connectivity index (χ1v) is 10.1. The smallest absolute Gasteiger partial charge is 0.339 e. The molecule has 0 spiro atoms. The van der Waals surface area contributed by atoms with Crippen LogP contribution in [0.15, 0.2) is 59.5 Å². The van der Waals surface area contributed by atoms with Gasteiger partial charge in [0.15, 0.2) is 0 Å². The molecule has 0 bridgehead atoms. The molecule has 0 saturated carbocycles. The van der Waals surface area contributed by atoms with Crippen LogP contribution in [0.2, 0.25) is 0 Å². The van der Waals surface area contributed by atoms with Crippen molar-refractivity contribution in [1.82, 2.24) is 15.4 Å². The maximum Gasteiger partial charge on any atom is 0.339 e. The number of urea groups is 1. The van der Waals surface area contributed by atoms with E-state index < -0.39 is 34.0 Å². The van der Waals surface area contributed by atoms with E-state index in [1.165, 1.54) is 25.2 Å². The summed E-state index contributed by atoms with van der Waals surface area (Å²) in [5, 5.41) is 4.28. The topological polar surface area (TPSA) is 131 Å². The Balaban J connectivity index is 2.30. The number of terminal acetylenes is 1. The number of esters is 1. The molecule has 9 nitrogen and oxygen atoms in total. The lowest BCUT2D eigenvalue weighted by Gasteiger charge is -2.17. The Labute approximate surface area is 173 Å². The van der Waals surface area contributed by atoms with Crippen molar-refractivity contribution in [2.24, 2.45) is 0 Å². The highest BCUT2D eigenvalue weighted by molar-refractivity contribution is 7.89. The van der Waals surface area contributed by atoms with Crippen molar-refractivity contribution in [2.45, 2.75) is 11.0 Å². The maximum absolute atomic E-state index is 12.6. The summed E-state index contributed by atoms with van der Waals surface area (Å²) in [6.45, 7) is -0.216. The van der Waals surface area contributed by atoms with Gasteiger partial charge < -0.3 is 10.1 Å². The van der Waals surface area contributed by atoms with Crippen LogP contribution in [0.5, 0.6) is 0 Å². The van der Waals surface area contributed by atoms with Gasteiger partial charge >= 0.3 is 12.0 Å². The second-order valence-electron chi connectivity index (χ2n) is 5.82. The average molecular weight is 429 g/mol. The van der Waals surface area contributed by atoms with E-state index in [4.69, 9.17) is 11.2 Å². The minimum absolute atomic E-state index is 0.104. The number of imide groups is 1. The molecule has 0 saturated heterocycles. The van der Waals surface area contributed by atoms with Gasteiger partial charge in [0.2, 0.25) is 16.1 Å². The van der Waals surface area contributed by atoms with E-state index in [0.29, 0.717) is 5.56 Å². The molecule has 10 heteroatoms. The predicted octanol–water partition coefficient (Wildman–Crippen LogP) is 0.952. The molecule has 30 heavy (non-hydrogen) atoms. The number of amides is 3. The number of hydrogen-bond acceptors (Lipinski definition) is 6. The summed E-state index contributed by atoms with van der Waals surface area (Å²) < 4.78 is 31.9. The summed E-state index contributed by atoms with van der Waals surface area (Å²) in [5.74, 6) is 0.328. The molecule has 0 aliphatic heterocycles.